The summed E-state index contributed by atoms with van der Waals surface area (Å²) in [5.41, 5.74) is 0.0103. The summed E-state index contributed by atoms with van der Waals surface area (Å²) in [6.45, 7) is 0.438. The molecule has 1 saturated carbocycles. The van der Waals surface area contributed by atoms with Crippen LogP contribution in [0.5, 0.6) is 11.6 Å². The maximum atomic E-state index is 11.0. The molecular weight excluding hydrogens is 270 g/mol. The van der Waals surface area contributed by atoms with Crippen molar-refractivity contribution < 1.29 is 19.4 Å². The van der Waals surface area contributed by atoms with Crippen molar-refractivity contribution in [3.8, 4) is 11.6 Å². The first kappa shape index (κ1) is 13.4. The van der Waals surface area contributed by atoms with Gasteiger partial charge in [-0.25, -0.2) is 9.78 Å². The van der Waals surface area contributed by atoms with Gasteiger partial charge in [-0.2, -0.15) is 0 Å². The highest BCUT2D eigenvalue weighted by atomic mass is 16.5. The Labute approximate surface area is 122 Å². The van der Waals surface area contributed by atoms with Gasteiger partial charge in [0.25, 0.3) is 0 Å². The number of carboxylic acid groups (broad SMARTS) is 1. The van der Waals surface area contributed by atoms with Crippen molar-refractivity contribution in [1.29, 1.82) is 0 Å². The lowest BCUT2D eigenvalue weighted by molar-refractivity contribution is -0.147. The lowest BCUT2D eigenvalue weighted by Gasteiger charge is -2.13. The molecule has 0 spiro atoms. The second-order valence-electron chi connectivity index (χ2n) is 5.01. The SMILES string of the molecule is O=C(O)C1(Oc2ccc(OCc3ccccc3)nc2)CC1. The van der Waals surface area contributed by atoms with Gasteiger partial charge in [-0.05, 0) is 11.6 Å². The normalized spacial score (nSPS) is 15.2. The topological polar surface area (TPSA) is 68.7 Å². The fourth-order valence-electron chi connectivity index (χ4n) is 1.94. The number of pyridine rings is 1. The third kappa shape index (κ3) is 3.13. The van der Waals surface area contributed by atoms with Gasteiger partial charge < -0.3 is 14.6 Å². The Morgan fingerprint density at radius 3 is 2.52 bits per heavy atom. The smallest absolute Gasteiger partial charge is 0.348 e. The molecule has 0 atom stereocenters. The van der Waals surface area contributed by atoms with E-state index < -0.39 is 11.6 Å². The number of hydrogen-bond donors (Lipinski definition) is 1. The van der Waals surface area contributed by atoms with Crippen LogP contribution in [-0.4, -0.2) is 21.7 Å². The third-order valence-corrected chi connectivity index (χ3v) is 3.35. The molecule has 1 aliphatic rings. The molecule has 0 saturated heterocycles. The molecule has 0 unspecified atom stereocenters. The van der Waals surface area contributed by atoms with Crippen molar-refractivity contribution in [2.24, 2.45) is 0 Å². The first-order chi connectivity index (χ1) is 10.2. The summed E-state index contributed by atoms with van der Waals surface area (Å²) in [5.74, 6) is 0.000222. The fraction of sp³-hybridized carbons (Fsp3) is 0.250. The Kier molecular flexibility index (Phi) is 3.48. The standard InChI is InChI=1S/C16H15NO4/c18-15(19)16(8-9-16)21-13-6-7-14(17-10-13)20-11-12-4-2-1-3-5-12/h1-7,10H,8-9,11H2,(H,18,19). The van der Waals surface area contributed by atoms with Crippen LogP contribution in [0, 0.1) is 0 Å². The minimum atomic E-state index is -1.05. The van der Waals surface area contributed by atoms with E-state index in [0.717, 1.165) is 5.56 Å². The zero-order chi connectivity index (χ0) is 14.7. The zero-order valence-corrected chi connectivity index (χ0v) is 11.4. The number of rotatable bonds is 6. The Morgan fingerprint density at radius 1 is 1.19 bits per heavy atom. The van der Waals surface area contributed by atoms with Crippen molar-refractivity contribution >= 4 is 5.97 Å². The highest BCUT2D eigenvalue weighted by Gasteiger charge is 2.53. The summed E-state index contributed by atoms with van der Waals surface area (Å²) in [4.78, 5) is 15.2. The number of carboxylic acids is 1. The molecule has 21 heavy (non-hydrogen) atoms. The molecule has 5 nitrogen and oxygen atoms in total. The van der Waals surface area contributed by atoms with Gasteiger partial charge in [-0.3, -0.25) is 0 Å². The van der Waals surface area contributed by atoms with Gasteiger partial charge >= 0.3 is 5.97 Å². The number of aromatic nitrogens is 1. The summed E-state index contributed by atoms with van der Waals surface area (Å²) in [5, 5.41) is 9.06. The molecule has 3 rings (SSSR count). The van der Waals surface area contributed by atoms with Gasteiger partial charge in [0.15, 0.2) is 0 Å². The minimum absolute atomic E-state index is 0.438. The number of aliphatic carboxylic acids is 1. The van der Waals surface area contributed by atoms with Crippen molar-refractivity contribution in [1.82, 2.24) is 4.98 Å². The monoisotopic (exact) mass is 285 g/mol. The van der Waals surface area contributed by atoms with E-state index in [1.54, 1.807) is 12.1 Å². The van der Waals surface area contributed by atoms with Crippen LogP contribution in [0.25, 0.3) is 0 Å². The summed E-state index contributed by atoms with van der Waals surface area (Å²) in [6.07, 6.45) is 2.56. The van der Waals surface area contributed by atoms with Crippen LogP contribution in [0.3, 0.4) is 0 Å². The summed E-state index contributed by atoms with van der Waals surface area (Å²) >= 11 is 0. The minimum Gasteiger partial charge on any atom is -0.478 e. The maximum absolute atomic E-state index is 11.0. The summed E-state index contributed by atoms with van der Waals surface area (Å²) < 4.78 is 11.0. The van der Waals surface area contributed by atoms with Gasteiger partial charge in [0.1, 0.15) is 12.4 Å². The first-order valence-corrected chi connectivity index (χ1v) is 6.73. The maximum Gasteiger partial charge on any atom is 0.348 e. The van der Waals surface area contributed by atoms with E-state index in [-0.39, 0.29) is 0 Å². The van der Waals surface area contributed by atoms with Crippen LogP contribution in [0.4, 0.5) is 0 Å². The van der Waals surface area contributed by atoms with Gasteiger partial charge in [-0.1, -0.05) is 30.3 Å². The molecule has 0 radical (unpaired) electrons. The zero-order valence-electron chi connectivity index (χ0n) is 11.4. The van der Waals surface area contributed by atoms with Crippen LogP contribution < -0.4 is 9.47 Å². The van der Waals surface area contributed by atoms with Crippen molar-refractivity contribution in [2.75, 3.05) is 0 Å². The highest BCUT2D eigenvalue weighted by molar-refractivity contribution is 5.81. The van der Waals surface area contributed by atoms with Gasteiger partial charge in [0, 0.05) is 18.9 Å². The molecule has 5 heteroatoms. The molecule has 0 bridgehead atoms. The van der Waals surface area contributed by atoms with E-state index in [9.17, 15) is 4.79 Å². The Hall–Kier alpha value is -2.56. The summed E-state index contributed by atoms with van der Waals surface area (Å²) in [7, 11) is 0. The molecule has 1 aromatic carbocycles. The molecule has 1 heterocycles. The van der Waals surface area contributed by atoms with Gasteiger partial charge in [0.2, 0.25) is 11.5 Å². The second kappa shape index (κ2) is 5.44. The molecule has 1 aliphatic carbocycles. The van der Waals surface area contributed by atoms with E-state index >= 15 is 0 Å². The number of nitrogens with zero attached hydrogens (tertiary/aromatic N) is 1. The van der Waals surface area contributed by atoms with E-state index in [1.165, 1.54) is 6.20 Å². The van der Waals surface area contributed by atoms with E-state index in [4.69, 9.17) is 14.6 Å². The number of carbonyl (C=O) groups is 1. The second-order valence-corrected chi connectivity index (χ2v) is 5.01. The number of hydrogen-bond acceptors (Lipinski definition) is 4. The predicted octanol–water partition coefficient (Wildman–Crippen LogP) is 2.66. The lowest BCUT2D eigenvalue weighted by Crippen LogP contribution is -2.28. The van der Waals surface area contributed by atoms with Crippen LogP contribution in [0.1, 0.15) is 18.4 Å². The third-order valence-electron chi connectivity index (χ3n) is 3.35. The average Bonchev–Trinajstić information content (AvgIpc) is 3.29. The van der Waals surface area contributed by atoms with Gasteiger partial charge in [-0.15, -0.1) is 0 Å². The first-order valence-electron chi connectivity index (χ1n) is 6.73. The Bertz CT molecular complexity index is 620. The molecule has 1 aromatic heterocycles. The predicted molar refractivity (Wildman–Crippen MR) is 75.2 cm³/mol. The molecular formula is C16H15NO4. The van der Waals surface area contributed by atoms with Crippen molar-refractivity contribution in [3.05, 3.63) is 54.2 Å². The molecule has 1 fully saturated rings. The number of benzene rings is 1. The molecule has 0 amide bonds. The van der Waals surface area contributed by atoms with E-state index in [2.05, 4.69) is 4.98 Å². The van der Waals surface area contributed by atoms with Crippen LogP contribution in [0.2, 0.25) is 0 Å². The molecule has 2 aromatic rings. The molecule has 0 aliphatic heterocycles. The lowest BCUT2D eigenvalue weighted by atomic mass is 10.2. The van der Waals surface area contributed by atoms with Crippen molar-refractivity contribution in [2.45, 2.75) is 25.0 Å². The largest absolute Gasteiger partial charge is 0.478 e. The van der Waals surface area contributed by atoms with Crippen LogP contribution in [0.15, 0.2) is 48.7 Å². The van der Waals surface area contributed by atoms with Crippen LogP contribution >= 0.6 is 0 Å². The van der Waals surface area contributed by atoms with Gasteiger partial charge in [0.05, 0.1) is 6.20 Å². The molecule has 1 N–H and O–H groups in total. The molecule has 108 valence electrons. The Balaban J connectivity index is 1.58. The average molecular weight is 285 g/mol. The van der Waals surface area contributed by atoms with E-state index in [0.29, 0.717) is 31.1 Å². The quantitative estimate of drug-likeness (QED) is 0.883. The van der Waals surface area contributed by atoms with E-state index in [1.807, 2.05) is 30.3 Å². The van der Waals surface area contributed by atoms with Crippen LogP contribution in [-0.2, 0) is 11.4 Å². The summed E-state index contributed by atoms with van der Waals surface area (Å²) in [6, 6.07) is 13.1. The fourth-order valence-corrected chi connectivity index (χ4v) is 1.94. The van der Waals surface area contributed by atoms with Crippen molar-refractivity contribution in [3.63, 3.8) is 0 Å². The Morgan fingerprint density at radius 2 is 1.95 bits per heavy atom. The highest BCUT2D eigenvalue weighted by Crippen LogP contribution is 2.40. The number of ether oxygens (including phenoxy) is 2.